The van der Waals surface area contributed by atoms with Crippen LogP contribution in [0.5, 0.6) is 5.75 Å². The third-order valence-electron chi connectivity index (χ3n) is 7.52. The van der Waals surface area contributed by atoms with Crippen LogP contribution in [0.2, 0.25) is 10.0 Å². The van der Waals surface area contributed by atoms with Gasteiger partial charge in [-0.1, -0.05) is 29.3 Å². The van der Waals surface area contributed by atoms with Crippen molar-refractivity contribution in [2.45, 2.75) is 44.6 Å². The second-order valence-electron chi connectivity index (χ2n) is 9.83. The first-order valence-corrected chi connectivity index (χ1v) is 13.6. The number of nitrogens with zero attached hydrogens (tertiary/aromatic N) is 2. The molecule has 0 aliphatic carbocycles. The van der Waals surface area contributed by atoms with Crippen molar-refractivity contribution in [2.24, 2.45) is 11.8 Å². The number of likely N-dealkylation sites (tertiary alicyclic amines) is 1. The van der Waals surface area contributed by atoms with Gasteiger partial charge in [0.25, 0.3) is 0 Å². The van der Waals surface area contributed by atoms with Crippen LogP contribution in [0.15, 0.2) is 48.7 Å². The van der Waals surface area contributed by atoms with Gasteiger partial charge in [0.1, 0.15) is 5.75 Å². The molecule has 6 nitrogen and oxygen atoms in total. The van der Waals surface area contributed by atoms with Crippen LogP contribution in [0, 0.1) is 11.8 Å². The van der Waals surface area contributed by atoms with Gasteiger partial charge in [-0.15, -0.1) is 0 Å². The Morgan fingerprint density at radius 2 is 1.97 bits per heavy atom. The molecule has 2 N–H and O–H groups in total. The molecule has 0 saturated carbocycles. The summed E-state index contributed by atoms with van der Waals surface area (Å²) in [6, 6.07) is 13.0. The van der Waals surface area contributed by atoms with Crippen LogP contribution >= 0.6 is 23.2 Å². The van der Waals surface area contributed by atoms with E-state index in [1.165, 1.54) is 0 Å². The summed E-state index contributed by atoms with van der Waals surface area (Å²) >= 11 is 12.5. The van der Waals surface area contributed by atoms with Gasteiger partial charge in [0, 0.05) is 28.2 Å². The predicted molar refractivity (Wildman–Crippen MR) is 148 cm³/mol. The second kappa shape index (κ2) is 12.9. The van der Waals surface area contributed by atoms with Crippen LogP contribution < -0.4 is 4.74 Å². The normalized spacial score (nSPS) is 19.1. The molecule has 0 amide bonds. The molecule has 1 aliphatic heterocycles. The van der Waals surface area contributed by atoms with E-state index in [2.05, 4.69) is 9.88 Å². The van der Waals surface area contributed by atoms with E-state index in [4.69, 9.17) is 27.9 Å². The molecule has 0 radical (unpaired) electrons. The Hall–Kier alpha value is -2.38. The summed E-state index contributed by atoms with van der Waals surface area (Å²) in [5.41, 5.74) is 2.57. The SMILES string of the molecule is COc1ccc2nccc(C(O)CC[C@@H]3CCN(CCCCc4c(Cl)cccc4Cl)C[C@@H]3C(=O)O)c2c1. The van der Waals surface area contributed by atoms with Crippen LogP contribution in [0.25, 0.3) is 10.9 Å². The highest BCUT2D eigenvalue weighted by Crippen LogP contribution is 2.34. The Bertz CT molecular complexity index is 1200. The first-order chi connectivity index (χ1) is 17.9. The predicted octanol–water partition coefficient (Wildman–Crippen LogP) is 6.41. The molecule has 1 aromatic heterocycles. The van der Waals surface area contributed by atoms with Crippen LogP contribution in [-0.2, 0) is 11.2 Å². The van der Waals surface area contributed by atoms with Crippen LogP contribution in [0.3, 0.4) is 0 Å². The van der Waals surface area contributed by atoms with Gasteiger partial charge in [-0.05, 0) is 105 Å². The fourth-order valence-electron chi connectivity index (χ4n) is 5.40. The number of aliphatic hydroxyl groups excluding tert-OH is 1. The number of aliphatic hydroxyl groups is 1. The van der Waals surface area contributed by atoms with E-state index in [1.807, 2.05) is 42.5 Å². The number of pyridine rings is 1. The molecule has 1 unspecified atom stereocenters. The zero-order valence-corrected chi connectivity index (χ0v) is 22.6. The molecular formula is C29H34Cl2N2O4. The number of aromatic nitrogens is 1. The van der Waals surface area contributed by atoms with Gasteiger partial charge in [-0.2, -0.15) is 0 Å². The van der Waals surface area contributed by atoms with Gasteiger partial charge < -0.3 is 19.8 Å². The topological polar surface area (TPSA) is 82.9 Å². The maximum Gasteiger partial charge on any atom is 0.308 e. The molecular weight excluding hydrogens is 511 g/mol. The van der Waals surface area contributed by atoms with Gasteiger partial charge in [-0.25, -0.2) is 0 Å². The summed E-state index contributed by atoms with van der Waals surface area (Å²) in [4.78, 5) is 18.8. The number of carboxylic acids is 1. The summed E-state index contributed by atoms with van der Waals surface area (Å²) in [6.45, 7) is 2.26. The summed E-state index contributed by atoms with van der Waals surface area (Å²) in [7, 11) is 1.61. The number of unbranched alkanes of at least 4 members (excludes halogenated alkanes) is 1. The minimum absolute atomic E-state index is 0.0352. The van der Waals surface area contributed by atoms with Gasteiger partial charge in [-0.3, -0.25) is 9.78 Å². The van der Waals surface area contributed by atoms with Crippen molar-refractivity contribution >= 4 is 40.1 Å². The molecule has 3 atom stereocenters. The van der Waals surface area contributed by atoms with Gasteiger partial charge >= 0.3 is 5.97 Å². The van der Waals surface area contributed by atoms with Crippen molar-refractivity contribution < 1.29 is 19.7 Å². The van der Waals surface area contributed by atoms with E-state index in [0.29, 0.717) is 35.2 Å². The highest BCUT2D eigenvalue weighted by molar-refractivity contribution is 6.35. The summed E-state index contributed by atoms with van der Waals surface area (Å²) in [6.07, 6.45) is 5.69. The van der Waals surface area contributed by atoms with Crippen LogP contribution in [0.4, 0.5) is 0 Å². The Balaban J connectivity index is 1.30. The molecule has 1 aliphatic rings. The maximum atomic E-state index is 12.1. The fourth-order valence-corrected chi connectivity index (χ4v) is 5.98. The second-order valence-corrected chi connectivity index (χ2v) is 10.6. The van der Waals surface area contributed by atoms with Crippen LogP contribution in [0.1, 0.15) is 49.3 Å². The Morgan fingerprint density at radius 3 is 2.70 bits per heavy atom. The van der Waals surface area contributed by atoms with Crippen LogP contribution in [-0.4, -0.2) is 52.8 Å². The molecule has 3 aromatic rings. The highest BCUT2D eigenvalue weighted by atomic mass is 35.5. The Kier molecular flexibility index (Phi) is 9.65. The lowest BCUT2D eigenvalue weighted by Gasteiger charge is -2.37. The minimum atomic E-state index is -0.758. The number of fused-ring (bicyclic) bond motifs is 1. The number of halogens is 2. The van der Waals surface area contributed by atoms with Gasteiger partial charge in [0.05, 0.1) is 24.6 Å². The third kappa shape index (κ3) is 6.94. The van der Waals surface area contributed by atoms with E-state index < -0.39 is 18.0 Å². The number of rotatable bonds is 11. The van der Waals surface area contributed by atoms with Crippen molar-refractivity contribution in [2.75, 3.05) is 26.7 Å². The number of piperidine rings is 1. The van der Waals surface area contributed by atoms with E-state index in [9.17, 15) is 15.0 Å². The van der Waals surface area contributed by atoms with Crippen molar-refractivity contribution in [3.05, 3.63) is 69.8 Å². The van der Waals surface area contributed by atoms with Gasteiger partial charge in [0.15, 0.2) is 0 Å². The molecule has 0 spiro atoms. The first-order valence-electron chi connectivity index (χ1n) is 12.9. The number of carboxylic acid groups (broad SMARTS) is 1. The summed E-state index contributed by atoms with van der Waals surface area (Å²) in [5.74, 6) is -0.449. The molecule has 37 heavy (non-hydrogen) atoms. The first kappa shape index (κ1) is 27.6. The smallest absolute Gasteiger partial charge is 0.308 e. The van der Waals surface area contributed by atoms with Gasteiger partial charge in [0.2, 0.25) is 0 Å². The molecule has 1 fully saturated rings. The van der Waals surface area contributed by atoms with E-state index in [1.54, 1.807) is 13.3 Å². The lowest BCUT2D eigenvalue weighted by Crippen LogP contribution is -2.44. The van der Waals surface area contributed by atoms with Crippen molar-refractivity contribution in [1.82, 2.24) is 9.88 Å². The average molecular weight is 546 g/mol. The summed E-state index contributed by atoms with van der Waals surface area (Å²) < 4.78 is 5.34. The number of benzene rings is 2. The van der Waals surface area contributed by atoms with Crippen molar-refractivity contribution in [3.63, 3.8) is 0 Å². The number of hydrogen-bond donors (Lipinski definition) is 2. The average Bonchev–Trinajstić information content (AvgIpc) is 2.90. The van der Waals surface area contributed by atoms with E-state index >= 15 is 0 Å². The molecule has 1 saturated heterocycles. The standard InChI is InChI=1S/C29H34Cl2N2O4/c1-37-20-9-10-27-23(17-20)21(12-14-32-27)28(34)11-8-19-13-16-33(18-24(19)29(35)36)15-3-2-5-22-25(30)6-4-7-26(22)31/h4,6-7,9-10,12,14,17,19,24,28,34H,2-3,5,8,11,13,15-16,18H2,1H3,(H,35,36)/t19-,24+,28?/m1/s1. The van der Waals surface area contributed by atoms with Crippen molar-refractivity contribution in [3.8, 4) is 5.75 Å². The molecule has 0 bridgehead atoms. The lowest BCUT2D eigenvalue weighted by molar-refractivity contribution is -0.146. The highest BCUT2D eigenvalue weighted by Gasteiger charge is 2.34. The number of hydrogen-bond acceptors (Lipinski definition) is 5. The molecule has 8 heteroatoms. The Labute approximate surface area is 228 Å². The number of carbonyl (C=O) groups is 1. The van der Waals surface area contributed by atoms with Crippen molar-refractivity contribution in [1.29, 1.82) is 0 Å². The largest absolute Gasteiger partial charge is 0.497 e. The number of ether oxygens (including phenoxy) is 1. The summed E-state index contributed by atoms with van der Waals surface area (Å²) in [5, 5.41) is 23.2. The Morgan fingerprint density at radius 1 is 1.19 bits per heavy atom. The fraction of sp³-hybridized carbons (Fsp3) is 0.448. The zero-order valence-electron chi connectivity index (χ0n) is 21.1. The molecule has 2 aromatic carbocycles. The maximum absolute atomic E-state index is 12.1. The zero-order chi connectivity index (χ0) is 26.4. The molecule has 198 valence electrons. The molecule has 2 heterocycles. The number of aliphatic carboxylic acids is 1. The van der Waals surface area contributed by atoms with E-state index in [-0.39, 0.29) is 5.92 Å². The monoisotopic (exact) mass is 544 g/mol. The molecule has 4 rings (SSSR count). The third-order valence-corrected chi connectivity index (χ3v) is 8.23. The van der Waals surface area contributed by atoms with E-state index in [0.717, 1.165) is 60.8 Å². The number of methoxy groups -OCH3 is 1. The quantitative estimate of drug-likeness (QED) is 0.271. The lowest BCUT2D eigenvalue weighted by atomic mass is 9.81. The minimum Gasteiger partial charge on any atom is -0.497 e.